The number of rotatable bonds is 4. The van der Waals surface area contributed by atoms with Crippen molar-refractivity contribution in [2.75, 3.05) is 5.43 Å². The molecule has 2 rings (SSSR count). The first kappa shape index (κ1) is 16.4. The molecule has 1 N–H and O–H groups in total. The van der Waals surface area contributed by atoms with Crippen LogP contribution in [0.5, 0.6) is 0 Å². The Balaban J connectivity index is 2.20. The number of Topliss-reactive ketones (excluding diaryl/α,β-unsaturated/α-hetero) is 1. The number of hydrogen-bond acceptors (Lipinski definition) is 5. The molecule has 0 saturated carbocycles. The fourth-order valence-corrected chi connectivity index (χ4v) is 1.81. The lowest BCUT2D eigenvalue weighted by Crippen LogP contribution is -2.13. The summed E-state index contributed by atoms with van der Waals surface area (Å²) in [4.78, 5) is 15.5. The molecule has 0 aliphatic carbocycles. The van der Waals surface area contributed by atoms with Crippen molar-refractivity contribution in [3.05, 3.63) is 58.8 Å². The van der Waals surface area contributed by atoms with Gasteiger partial charge in [0.15, 0.2) is 0 Å². The summed E-state index contributed by atoms with van der Waals surface area (Å²) in [5.74, 6) is -0.281. The van der Waals surface area contributed by atoms with E-state index in [1.54, 1.807) is 12.1 Å². The van der Waals surface area contributed by atoms with E-state index in [-0.39, 0.29) is 16.9 Å². The van der Waals surface area contributed by atoms with Crippen LogP contribution in [0.1, 0.15) is 42.6 Å². The number of carbonyl (C=O) groups is 1. The van der Waals surface area contributed by atoms with Gasteiger partial charge in [0.25, 0.3) is 0 Å². The van der Waals surface area contributed by atoms with Gasteiger partial charge in [-0.25, -0.2) is 5.43 Å². The van der Waals surface area contributed by atoms with Crippen molar-refractivity contribution in [1.29, 1.82) is 0 Å². The van der Waals surface area contributed by atoms with E-state index in [4.69, 9.17) is 11.1 Å². The van der Waals surface area contributed by atoms with Crippen molar-refractivity contribution in [3.63, 3.8) is 0 Å². The Morgan fingerprint density at radius 1 is 1.35 bits per heavy atom. The third-order valence-electron chi connectivity index (χ3n) is 3.10. The molecule has 6 heteroatoms. The molecule has 0 radical (unpaired) electrons. The number of anilines is 1. The number of carbonyl (C=O) groups excluding carboxylic acids is 1. The van der Waals surface area contributed by atoms with E-state index >= 15 is 0 Å². The zero-order valence-corrected chi connectivity index (χ0v) is 13.5. The number of ketones is 1. The number of aromatic nitrogens is 1. The molecule has 118 valence electrons. The maximum atomic E-state index is 12.3. The van der Waals surface area contributed by atoms with Crippen LogP contribution in [0.4, 0.5) is 5.69 Å². The van der Waals surface area contributed by atoms with Crippen LogP contribution in [0.2, 0.25) is 0 Å². The van der Waals surface area contributed by atoms with Crippen molar-refractivity contribution in [2.24, 2.45) is 5.10 Å². The molecule has 23 heavy (non-hydrogen) atoms. The summed E-state index contributed by atoms with van der Waals surface area (Å²) in [7, 11) is 0. The minimum absolute atomic E-state index is 0.0794. The molecule has 1 aromatic carbocycles. The van der Waals surface area contributed by atoms with E-state index in [0.717, 1.165) is 5.56 Å². The second-order valence-electron chi connectivity index (χ2n) is 6.18. The number of nitrogens with one attached hydrogen (secondary N) is 1. The molecule has 1 aromatic heterocycles. The average molecular weight is 310 g/mol. The van der Waals surface area contributed by atoms with Gasteiger partial charge >= 0.3 is 5.84 Å². The van der Waals surface area contributed by atoms with Crippen molar-refractivity contribution in [2.45, 2.75) is 33.1 Å². The second kappa shape index (κ2) is 6.44. The van der Waals surface area contributed by atoms with E-state index in [1.807, 2.05) is 45.9 Å². The van der Waals surface area contributed by atoms with Crippen LogP contribution < -0.4 is 5.43 Å². The summed E-state index contributed by atoms with van der Waals surface area (Å²) in [6.07, 6.45) is 0. The molecule has 0 saturated heterocycles. The first-order chi connectivity index (χ1) is 10.8. The van der Waals surface area contributed by atoms with Crippen LogP contribution in [0.3, 0.4) is 0 Å². The smallest absolute Gasteiger partial charge is 0.343 e. The van der Waals surface area contributed by atoms with E-state index < -0.39 is 5.78 Å². The molecular formula is C17H18N4O2. The molecule has 0 fully saturated rings. The minimum atomic E-state index is -0.570. The molecule has 0 aliphatic heterocycles. The van der Waals surface area contributed by atoms with Gasteiger partial charge in [0.05, 0.1) is 5.69 Å². The molecule has 0 bridgehead atoms. The normalized spacial score (nSPS) is 11.9. The molecule has 0 amide bonds. The summed E-state index contributed by atoms with van der Waals surface area (Å²) in [5, 5.41) is 7.63. The SMILES string of the molecule is [C-]#[N+]/C(=N\Nc1cccc(C)c1)C(=O)c1cc(C(C)(C)C)on1. The Bertz CT molecular complexity index is 791. The number of aryl methyl sites for hydroxylation is 1. The maximum absolute atomic E-state index is 12.3. The Morgan fingerprint density at radius 3 is 2.65 bits per heavy atom. The summed E-state index contributed by atoms with van der Waals surface area (Å²) in [6.45, 7) is 14.9. The second-order valence-corrected chi connectivity index (χ2v) is 6.18. The van der Waals surface area contributed by atoms with Crippen LogP contribution in [0.15, 0.2) is 40.0 Å². The fourth-order valence-electron chi connectivity index (χ4n) is 1.81. The molecule has 0 unspecified atom stereocenters. The van der Waals surface area contributed by atoms with Gasteiger partial charge in [-0.05, 0) is 29.7 Å². The highest BCUT2D eigenvalue weighted by Crippen LogP contribution is 2.23. The van der Waals surface area contributed by atoms with Crippen LogP contribution in [0.25, 0.3) is 4.85 Å². The third kappa shape index (κ3) is 4.04. The number of nitrogens with zero attached hydrogens (tertiary/aromatic N) is 3. The molecule has 0 aliphatic rings. The van der Waals surface area contributed by atoms with Crippen molar-refractivity contribution >= 4 is 17.3 Å². The zero-order valence-electron chi connectivity index (χ0n) is 13.5. The van der Waals surface area contributed by atoms with Crippen molar-refractivity contribution in [3.8, 4) is 0 Å². The van der Waals surface area contributed by atoms with Gasteiger partial charge in [0, 0.05) is 11.5 Å². The largest absolute Gasteiger partial charge is 0.360 e. The molecule has 2 aromatic rings. The molecule has 1 heterocycles. The van der Waals surface area contributed by atoms with Crippen LogP contribution in [0, 0.1) is 13.5 Å². The third-order valence-corrected chi connectivity index (χ3v) is 3.10. The van der Waals surface area contributed by atoms with Gasteiger partial charge < -0.3 is 9.37 Å². The topological polar surface area (TPSA) is 71.8 Å². The molecule has 0 spiro atoms. The number of hydrazone groups is 1. The monoisotopic (exact) mass is 310 g/mol. The van der Waals surface area contributed by atoms with Crippen molar-refractivity contribution < 1.29 is 9.32 Å². The van der Waals surface area contributed by atoms with Gasteiger partial charge in [0.2, 0.25) is 5.78 Å². The number of hydrogen-bond donors (Lipinski definition) is 1. The summed E-state index contributed by atoms with van der Waals surface area (Å²) in [5.41, 5.74) is 4.29. The Kier molecular flexibility index (Phi) is 4.60. The quantitative estimate of drug-likeness (QED) is 0.306. The molecular weight excluding hydrogens is 292 g/mol. The Labute approximate surface area is 135 Å². The number of amidine groups is 1. The van der Waals surface area contributed by atoms with Crippen molar-refractivity contribution in [1.82, 2.24) is 5.16 Å². The van der Waals surface area contributed by atoms with E-state index in [0.29, 0.717) is 11.4 Å². The van der Waals surface area contributed by atoms with E-state index in [9.17, 15) is 4.79 Å². The lowest BCUT2D eigenvalue weighted by molar-refractivity contribution is 0.105. The predicted octanol–water partition coefficient (Wildman–Crippen LogP) is 3.81. The van der Waals surface area contributed by atoms with Gasteiger partial charge in [-0.3, -0.25) is 4.79 Å². The standard InChI is InChI=1S/C17H18N4O2/c1-11-7-6-8-12(9-11)19-20-16(18-5)15(22)13-10-14(23-21-13)17(2,3)4/h6-10,19H,1-4H3/b20-16-. The summed E-state index contributed by atoms with van der Waals surface area (Å²) in [6, 6.07) is 9.02. The van der Waals surface area contributed by atoms with E-state index in [2.05, 4.69) is 20.5 Å². The zero-order chi connectivity index (χ0) is 17.0. The van der Waals surface area contributed by atoms with Crippen LogP contribution >= 0.6 is 0 Å². The molecule has 6 nitrogen and oxygen atoms in total. The highest BCUT2D eigenvalue weighted by atomic mass is 16.5. The Hall–Kier alpha value is -2.94. The van der Waals surface area contributed by atoms with Crippen LogP contribution in [-0.4, -0.2) is 16.8 Å². The average Bonchev–Trinajstić information content (AvgIpc) is 2.97. The lowest BCUT2D eigenvalue weighted by Gasteiger charge is -2.11. The maximum Gasteiger partial charge on any atom is 0.343 e. The highest BCUT2D eigenvalue weighted by Gasteiger charge is 2.24. The number of benzene rings is 1. The van der Waals surface area contributed by atoms with E-state index in [1.165, 1.54) is 0 Å². The minimum Gasteiger partial charge on any atom is -0.360 e. The first-order valence-electron chi connectivity index (χ1n) is 7.11. The first-order valence-corrected chi connectivity index (χ1v) is 7.11. The highest BCUT2D eigenvalue weighted by molar-refractivity contribution is 6.48. The fraction of sp³-hybridized carbons (Fsp3) is 0.294. The summed E-state index contributed by atoms with van der Waals surface area (Å²) >= 11 is 0. The van der Waals surface area contributed by atoms with Gasteiger partial charge in [-0.15, -0.1) is 0 Å². The predicted molar refractivity (Wildman–Crippen MR) is 88.4 cm³/mol. The lowest BCUT2D eigenvalue weighted by atomic mass is 9.93. The molecule has 0 atom stereocenters. The van der Waals surface area contributed by atoms with Gasteiger partial charge in [0.1, 0.15) is 11.5 Å². The Morgan fingerprint density at radius 2 is 2.09 bits per heavy atom. The summed E-state index contributed by atoms with van der Waals surface area (Å²) < 4.78 is 5.17. The van der Waals surface area contributed by atoms with Gasteiger partial charge in [-0.1, -0.05) is 44.6 Å². The van der Waals surface area contributed by atoms with Crippen LogP contribution in [-0.2, 0) is 5.41 Å². The van der Waals surface area contributed by atoms with Gasteiger partial charge in [-0.2, -0.15) is 0 Å².